The van der Waals surface area contributed by atoms with Crippen LogP contribution < -0.4 is 0 Å². The van der Waals surface area contributed by atoms with Crippen molar-refractivity contribution >= 4 is 11.6 Å². The second-order valence-corrected chi connectivity index (χ2v) is 3.42. The highest BCUT2D eigenvalue weighted by Crippen LogP contribution is 2.13. The fourth-order valence-electron chi connectivity index (χ4n) is 1.24. The van der Waals surface area contributed by atoms with E-state index in [1.54, 1.807) is 0 Å². The summed E-state index contributed by atoms with van der Waals surface area (Å²) in [5.41, 5.74) is 0.297. The highest BCUT2D eigenvalue weighted by molar-refractivity contribution is 6.16. The largest absolute Gasteiger partial charge is 0.339 e. The molecule has 2 aromatic rings. The van der Waals surface area contributed by atoms with Crippen LogP contribution in [0, 0.1) is 11.6 Å². The summed E-state index contributed by atoms with van der Waals surface area (Å²) in [5.74, 6) is -0.519. The Bertz CT molecular complexity index is 501. The number of rotatable bonds is 3. The molecule has 0 bridgehead atoms. The molecule has 1 aromatic heterocycles. The molecule has 0 N–H and O–H groups in total. The van der Waals surface area contributed by atoms with E-state index in [-0.39, 0.29) is 18.2 Å². The number of aromatic nitrogens is 2. The molecule has 0 aliphatic carbocycles. The summed E-state index contributed by atoms with van der Waals surface area (Å²) in [4.78, 5) is 3.92. The second-order valence-electron chi connectivity index (χ2n) is 3.15. The van der Waals surface area contributed by atoms with E-state index in [1.807, 2.05) is 0 Å². The lowest BCUT2D eigenvalue weighted by Crippen LogP contribution is -1.94. The Morgan fingerprint density at radius 3 is 2.75 bits per heavy atom. The van der Waals surface area contributed by atoms with Gasteiger partial charge in [0.15, 0.2) is 5.82 Å². The number of nitrogens with zero attached hydrogens (tertiary/aromatic N) is 2. The smallest absolute Gasteiger partial charge is 0.231 e. The van der Waals surface area contributed by atoms with Crippen molar-refractivity contribution in [2.24, 2.45) is 0 Å². The Morgan fingerprint density at radius 1 is 1.31 bits per heavy atom. The molecule has 0 saturated heterocycles. The van der Waals surface area contributed by atoms with Gasteiger partial charge in [0, 0.05) is 6.07 Å². The molecule has 0 aliphatic heterocycles. The molecule has 0 amide bonds. The van der Waals surface area contributed by atoms with Gasteiger partial charge in [0.1, 0.15) is 11.6 Å². The highest BCUT2D eigenvalue weighted by Gasteiger charge is 2.10. The molecule has 0 aliphatic rings. The molecule has 0 radical (unpaired) electrons. The van der Waals surface area contributed by atoms with Crippen LogP contribution in [0.2, 0.25) is 0 Å². The Balaban J connectivity index is 2.20. The van der Waals surface area contributed by atoms with Gasteiger partial charge in [-0.3, -0.25) is 0 Å². The highest BCUT2D eigenvalue weighted by atomic mass is 35.5. The topological polar surface area (TPSA) is 38.9 Å². The molecule has 3 nitrogen and oxygen atoms in total. The zero-order valence-corrected chi connectivity index (χ0v) is 8.84. The van der Waals surface area contributed by atoms with E-state index >= 15 is 0 Å². The predicted molar refractivity (Wildman–Crippen MR) is 53.0 cm³/mol. The van der Waals surface area contributed by atoms with Gasteiger partial charge < -0.3 is 4.52 Å². The Labute approximate surface area is 95.0 Å². The first kappa shape index (κ1) is 11.0. The van der Waals surface area contributed by atoms with Crippen molar-refractivity contribution in [3.8, 4) is 0 Å². The van der Waals surface area contributed by atoms with Crippen molar-refractivity contribution in [1.82, 2.24) is 10.1 Å². The molecule has 1 heterocycles. The predicted octanol–water partition coefficient (Wildman–Crippen LogP) is 2.68. The molecule has 0 unspecified atom stereocenters. The van der Waals surface area contributed by atoms with Crippen LogP contribution in [0.1, 0.15) is 17.3 Å². The monoisotopic (exact) mass is 244 g/mol. The van der Waals surface area contributed by atoms with Gasteiger partial charge in [-0.1, -0.05) is 11.2 Å². The van der Waals surface area contributed by atoms with Gasteiger partial charge in [0.25, 0.3) is 0 Å². The molecule has 0 atom stereocenters. The Morgan fingerprint density at radius 2 is 2.12 bits per heavy atom. The Hall–Kier alpha value is -1.49. The maximum atomic E-state index is 13.3. The van der Waals surface area contributed by atoms with Crippen molar-refractivity contribution < 1.29 is 13.3 Å². The zero-order valence-electron chi connectivity index (χ0n) is 8.08. The van der Waals surface area contributed by atoms with E-state index in [1.165, 1.54) is 12.1 Å². The first-order valence-electron chi connectivity index (χ1n) is 4.50. The fraction of sp³-hybridized carbons (Fsp3) is 0.200. The lowest BCUT2D eigenvalue weighted by atomic mass is 10.1. The summed E-state index contributed by atoms with van der Waals surface area (Å²) in [6, 6.07) is 3.33. The van der Waals surface area contributed by atoms with E-state index in [0.29, 0.717) is 11.4 Å². The number of alkyl halides is 1. The van der Waals surface area contributed by atoms with E-state index in [9.17, 15) is 8.78 Å². The van der Waals surface area contributed by atoms with Crippen LogP contribution in [0.25, 0.3) is 0 Å². The van der Waals surface area contributed by atoms with Crippen LogP contribution in [0.15, 0.2) is 22.7 Å². The van der Waals surface area contributed by atoms with Crippen LogP contribution in [0.5, 0.6) is 0 Å². The first-order chi connectivity index (χ1) is 7.69. The quantitative estimate of drug-likeness (QED) is 0.780. The number of benzene rings is 1. The van der Waals surface area contributed by atoms with Crippen molar-refractivity contribution in [2.75, 3.05) is 0 Å². The average molecular weight is 245 g/mol. The maximum absolute atomic E-state index is 13.3. The van der Waals surface area contributed by atoms with Crippen LogP contribution >= 0.6 is 11.6 Å². The first-order valence-corrected chi connectivity index (χ1v) is 5.04. The van der Waals surface area contributed by atoms with Gasteiger partial charge in [-0.05, 0) is 11.6 Å². The minimum atomic E-state index is -0.634. The summed E-state index contributed by atoms with van der Waals surface area (Å²) in [6.07, 6.45) is 0.121. The van der Waals surface area contributed by atoms with E-state index in [2.05, 4.69) is 10.1 Å². The van der Waals surface area contributed by atoms with E-state index in [0.717, 1.165) is 6.07 Å². The standard InChI is InChI=1S/C10H7ClF2N2O/c11-5-9-14-10(16-15-9)3-6-1-2-7(12)4-8(6)13/h1-2,4H,3,5H2. The third-order valence-corrected chi connectivity index (χ3v) is 2.23. The molecule has 16 heavy (non-hydrogen) atoms. The number of hydrogen-bond donors (Lipinski definition) is 0. The van der Waals surface area contributed by atoms with E-state index < -0.39 is 11.6 Å². The van der Waals surface area contributed by atoms with E-state index in [4.69, 9.17) is 16.1 Å². The lowest BCUT2D eigenvalue weighted by Gasteiger charge is -1.98. The summed E-state index contributed by atoms with van der Waals surface area (Å²) in [6.45, 7) is 0. The molecular formula is C10H7ClF2N2O. The van der Waals surface area contributed by atoms with Crippen LogP contribution in [-0.2, 0) is 12.3 Å². The van der Waals surface area contributed by atoms with Crippen LogP contribution in [-0.4, -0.2) is 10.1 Å². The Kier molecular flexibility index (Phi) is 3.14. The molecule has 0 spiro atoms. The molecule has 0 fully saturated rings. The summed E-state index contributed by atoms with van der Waals surface area (Å²) in [5, 5.41) is 3.56. The van der Waals surface area contributed by atoms with Gasteiger partial charge in [0.05, 0.1) is 12.3 Å². The third-order valence-electron chi connectivity index (χ3n) is 1.99. The summed E-state index contributed by atoms with van der Waals surface area (Å²) >= 11 is 5.49. The van der Waals surface area contributed by atoms with Crippen molar-refractivity contribution in [2.45, 2.75) is 12.3 Å². The minimum Gasteiger partial charge on any atom is -0.339 e. The van der Waals surface area contributed by atoms with Gasteiger partial charge >= 0.3 is 0 Å². The van der Waals surface area contributed by atoms with Gasteiger partial charge in [-0.15, -0.1) is 11.6 Å². The van der Waals surface area contributed by atoms with Crippen LogP contribution in [0.4, 0.5) is 8.78 Å². The lowest BCUT2D eigenvalue weighted by molar-refractivity contribution is 0.379. The molecule has 84 valence electrons. The summed E-state index contributed by atoms with van der Waals surface area (Å²) in [7, 11) is 0. The number of halogens is 3. The molecule has 6 heteroatoms. The zero-order chi connectivity index (χ0) is 11.5. The fourth-order valence-corrected chi connectivity index (χ4v) is 1.35. The van der Waals surface area contributed by atoms with Crippen molar-refractivity contribution in [3.05, 3.63) is 47.1 Å². The minimum absolute atomic E-state index is 0.121. The SMILES string of the molecule is Fc1ccc(Cc2nc(CCl)no2)c(F)c1. The van der Waals surface area contributed by atoms with Gasteiger partial charge in [-0.25, -0.2) is 8.78 Å². The average Bonchev–Trinajstić information content (AvgIpc) is 2.70. The molecule has 0 saturated carbocycles. The third kappa shape index (κ3) is 2.36. The van der Waals surface area contributed by atoms with Gasteiger partial charge in [0.2, 0.25) is 5.89 Å². The normalized spacial score (nSPS) is 10.7. The molecule has 1 aromatic carbocycles. The molecular weight excluding hydrogens is 238 g/mol. The maximum Gasteiger partial charge on any atom is 0.231 e. The molecule has 2 rings (SSSR count). The number of hydrogen-bond acceptors (Lipinski definition) is 3. The summed E-state index contributed by atoms with van der Waals surface area (Å²) < 4.78 is 30.7. The van der Waals surface area contributed by atoms with Crippen molar-refractivity contribution in [3.63, 3.8) is 0 Å². The van der Waals surface area contributed by atoms with Crippen molar-refractivity contribution in [1.29, 1.82) is 0 Å². The van der Waals surface area contributed by atoms with Crippen LogP contribution in [0.3, 0.4) is 0 Å². The second kappa shape index (κ2) is 4.57. The van der Waals surface area contributed by atoms with Gasteiger partial charge in [-0.2, -0.15) is 4.98 Å².